The van der Waals surface area contributed by atoms with Gasteiger partial charge in [0.1, 0.15) is 5.75 Å². The lowest BCUT2D eigenvalue weighted by Crippen LogP contribution is -2.45. The van der Waals surface area contributed by atoms with Gasteiger partial charge < -0.3 is 10.1 Å². The van der Waals surface area contributed by atoms with E-state index in [1.54, 1.807) is 0 Å². The Labute approximate surface area is 91.6 Å². The molecule has 0 amide bonds. The topological polar surface area (TPSA) is 21.3 Å². The van der Waals surface area contributed by atoms with E-state index in [0.29, 0.717) is 11.8 Å². The van der Waals surface area contributed by atoms with E-state index in [1.165, 1.54) is 5.56 Å². The maximum atomic E-state index is 5.86. The molecular weight excluding hydrogens is 186 g/mol. The highest BCUT2D eigenvalue weighted by Crippen LogP contribution is 2.26. The van der Waals surface area contributed by atoms with Crippen LogP contribution >= 0.6 is 0 Å². The van der Waals surface area contributed by atoms with Crippen LogP contribution in [0.1, 0.15) is 25.3 Å². The zero-order chi connectivity index (χ0) is 10.7. The van der Waals surface area contributed by atoms with Gasteiger partial charge in [0.05, 0.1) is 6.61 Å². The smallest absolute Gasteiger partial charge is 0.122 e. The summed E-state index contributed by atoms with van der Waals surface area (Å²) in [6.45, 7) is 7.45. The third-order valence-electron chi connectivity index (χ3n) is 2.88. The Morgan fingerprint density at radius 2 is 2.07 bits per heavy atom. The van der Waals surface area contributed by atoms with Crippen molar-refractivity contribution in [1.29, 1.82) is 0 Å². The van der Waals surface area contributed by atoms with E-state index in [9.17, 15) is 0 Å². The minimum Gasteiger partial charge on any atom is -0.493 e. The summed E-state index contributed by atoms with van der Waals surface area (Å²) in [4.78, 5) is 0. The zero-order valence-electron chi connectivity index (χ0n) is 9.49. The van der Waals surface area contributed by atoms with Gasteiger partial charge in [-0.1, -0.05) is 32.0 Å². The van der Waals surface area contributed by atoms with Crippen LogP contribution in [0.2, 0.25) is 0 Å². The number of hydrogen-bond acceptors (Lipinski definition) is 2. The maximum Gasteiger partial charge on any atom is 0.122 e. The maximum absolute atomic E-state index is 5.86. The van der Waals surface area contributed by atoms with Crippen LogP contribution in [0.5, 0.6) is 5.75 Å². The van der Waals surface area contributed by atoms with E-state index in [-0.39, 0.29) is 0 Å². The van der Waals surface area contributed by atoms with Gasteiger partial charge in [0.25, 0.3) is 0 Å². The Kier molecular flexibility index (Phi) is 3.27. The van der Waals surface area contributed by atoms with Gasteiger partial charge in [-0.2, -0.15) is 0 Å². The van der Waals surface area contributed by atoms with Crippen molar-refractivity contribution in [1.82, 2.24) is 5.32 Å². The number of nitrogens with one attached hydrogen (secondary N) is 1. The van der Waals surface area contributed by atoms with Crippen LogP contribution < -0.4 is 10.1 Å². The molecule has 0 saturated carbocycles. The van der Waals surface area contributed by atoms with Crippen molar-refractivity contribution in [3.05, 3.63) is 29.8 Å². The lowest BCUT2D eigenvalue weighted by molar-refractivity contribution is 0.197. The molecule has 0 atom stereocenters. The summed E-state index contributed by atoms with van der Waals surface area (Å²) in [5, 5.41) is 3.25. The minimum absolute atomic E-state index is 0.528. The van der Waals surface area contributed by atoms with Crippen LogP contribution in [0.15, 0.2) is 24.3 Å². The molecule has 2 nitrogen and oxygen atoms in total. The van der Waals surface area contributed by atoms with Crippen molar-refractivity contribution >= 4 is 0 Å². The number of benzene rings is 1. The summed E-state index contributed by atoms with van der Waals surface area (Å²) in [7, 11) is 0. The molecule has 2 heteroatoms. The highest BCUT2D eigenvalue weighted by Gasteiger charge is 2.17. The normalized spacial score (nSPS) is 16.5. The Balaban J connectivity index is 1.99. The SMILES string of the molecule is CC(C)c1ccccc1OCC1CNC1. The van der Waals surface area contributed by atoms with E-state index >= 15 is 0 Å². The van der Waals surface area contributed by atoms with E-state index < -0.39 is 0 Å². The van der Waals surface area contributed by atoms with Crippen molar-refractivity contribution in [2.24, 2.45) is 5.92 Å². The van der Waals surface area contributed by atoms with E-state index in [0.717, 1.165) is 25.4 Å². The summed E-state index contributed by atoms with van der Waals surface area (Å²) >= 11 is 0. The van der Waals surface area contributed by atoms with Crippen molar-refractivity contribution in [2.75, 3.05) is 19.7 Å². The molecule has 0 aliphatic carbocycles. The molecule has 0 aromatic heterocycles. The fraction of sp³-hybridized carbons (Fsp3) is 0.538. The summed E-state index contributed by atoms with van der Waals surface area (Å²) < 4.78 is 5.86. The highest BCUT2D eigenvalue weighted by atomic mass is 16.5. The van der Waals surface area contributed by atoms with Gasteiger partial charge in [0, 0.05) is 19.0 Å². The molecule has 82 valence electrons. The molecule has 1 fully saturated rings. The van der Waals surface area contributed by atoms with E-state index in [2.05, 4.69) is 37.4 Å². The predicted molar refractivity (Wildman–Crippen MR) is 62.4 cm³/mol. The molecule has 0 bridgehead atoms. The number of ether oxygens (including phenoxy) is 1. The standard InChI is InChI=1S/C13H19NO/c1-10(2)12-5-3-4-6-13(12)15-9-11-7-14-8-11/h3-6,10-11,14H,7-9H2,1-2H3. The van der Waals surface area contributed by atoms with Crippen LogP contribution in [0.25, 0.3) is 0 Å². The average Bonchev–Trinajstić information content (AvgIpc) is 2.16. The van der Waals surface area contributed by atoms with Crippen LogP contribution in [-0.4, -0.2) is 19.7 Å². The van der Waals surface area contributed by atoms with Gasteiger partial charge in [-0.15, -0.1) is 0 Å². The van der Waals surface area contributed by atoms with E-state index in [1.807, 2.05) is 6.07 Å². The Morgan fingerprint density at radius 1 is 1.33 bits per heavy atom. The molecule has 1 saturated heterocycles. The molecule has 0 radical (unpaired) electrons. The van der Waals surface area contributed by atoms with Gasteiger partial charge in [-0.3, -0.25) is 0 Å². The molecule has 15 heavy (non-hydrogen) atoms. The van der Waals surface area contributed by atoms with Gasteiger partial charge in [0.2, 0.25) is 0 Å². The molecule has 1 N–H and O–H groups in total. The van der Waals surface area contributed by atoms with Gasteiger partial charge >= 0.3 is 0 Å². The Bertz CT molecular complexity index is 318. The number of hydrogen-bond donors (Lipinski definition) is 1. The highest BCUT2D eigenvalue weighted by molar-refractivity contribution is 5.35. The second-order valence-corrected chi connectivity index (χ2v) is 4.53. The van der Waals surface area contributed by atoms with Gasteiger partial charge in [-0.05, 0) is 17.5 Å². The predicted octanol–water partition coefficient (Wildman–Crippen LogP) is 2.41. The summed E-state index contributed by atoms with van der Waals surface area (Å²) in [5.74, 6) is 2.28. The fourth-order valence-corrected chi connectivity index (χ4v) is 1.76. The lowest BCUT2D eigenvalue weighted by Gasteiger charge is -2.27. The average molecular weight is 205 g/mol. The molecule has 1 aromatic rings. The van der Waals surface area contributed by atoms with Crippen molar-refractivity contribution in [3.63, 3.8) is 0 Å². The molecule has 1 heterocycles. The second-order valence-electron chi connectivity index (χ2n) is 4.53. The Morgan fingerprint density at radius 3 is 2.67 bits per heavy atom. The molecule has 2 rings (SSSR count). The van der Waals surface area contributed by atoms with Crippen LogP contribution in [0.3, 0.4) is 0 Å². The monoisotopic (exact) mass is 205 g/mol. The quantitative estimate of drug-likeness (QED) is 0.815. The number of rotatable bonds is 4. The fourth-order valence-electron chi connectivity index (χ4n) is 1.76. The third-order valence-corrected chi connectivity index (χ3v) is 2.88. The van der Waals surface area contributed by atoms with Gasteiger partial charge in [0.15, 0.2) is 0 Å². The van der Waals surface area contributed by atoms with Crippen molar-refractivity contribution in [3.8, 4) is 5.75 Å². The van der Waals surface area contributed by atoms with Crippen LogP contribution in [0, 0.1) is 5.92 Å². The summed E-state index contributed by atoms with van der Waals surface area (Å²) in [6, 6.07) is 8.34. The van der Waals surface area contributed by atoms with Crippen LogP contribution in [-0.2, 0) is 0 Å². The molecule has 0 unspecified atom stereocenters. The van der Waals surface area contributed by atoms with E-state index in [4.69, 9.17) is 4.74 Å². The Hall–Kier alpha value is -1.02. The van der Waals surface area contributed by atoms with Crippen molar-refractivity contribution in [2.45, 2.75) is 19.8 Å². The van der Waals surface area contributed by atoms with Gasteiger partial charge in [-0.25, -0.2) is 0 Å². The summed E-state index contributed by atoms with van der Waals surface area (Å²) in [6.07, 6.45) is 0. The molecule has 1 aliphatic rings. The minimum atomic E-state index is 0.528. The third kappa shape index (κ3) is 2.51. The van der Waals surface area contributed by atoms with Crippen molar-refractivity contribution < 1.29 is 4.74 Å². The molecule has 1 aliphatic heterocycles. The number of para-hydroxylation sites is 1. The first-order valence-corrected chi connectivity index (χ1v) is 5.70. The van der Waals surface area contributed by atoms with Crippen LogP contribution in [0.4, 0.5) is 0 Å². The lowest BCUT2D eigenvalue weighted by atomic mass is 10.0. The second kappa shape index (κ2) is 4.67. The first-order chi connectivity index (χ1) is 7.27. The first-order valence-electron chi connectivity index (χ1n) is 5.70. The zero-order valence-corrected chi connectivity index (χ0v) is 9.49. The summed E-state index contributed by atoms with van der Waals surface area (Å²) in [5.41, 5.74) is 1.31. The largest absolute Gasteiger partial charge is 0.493 e. The molecular formula is C13H19NO. The first kappa shape index (κ1) is 10.5. The molecule has 1 aromatic carbocycles. The molecule has 0 spiro atoms.